The van der Waals surface area contributed by atoms with Crippen LogP contribution in [-0.2, 0) is 0 Å². The highest BCUT2D eigenvalue weighted by Crippen LogP contribution is 2.17. The maximum Gasteiger partial charge on any atom is 0.319 e. The maximum atomic E-state index is 11.8. The lowest BCUT2D eigenvalue weighted by atomic mass is 10.1. The molecule has 2 rings (SSSR count). The fourth-order valence-corrected chi connectivity index (χ4v) is 2.21. The van der Waals surface area contributed by atoms with Crippen molar-refractivity contribution in [3.63, 3.8) is 0 Å². The molecule has 0 fully saturated rings. The van der Waals surface area contributed by atoms with Crippen LogP contribution < -0.4 is 10.6 Å². The van der Waals surface area contributed by atoms with Gasteiger partial charge in [0.15, 0.2) is 0 Å². The number of aliphatic hydroxyl groups excluding tert-OH is 1. The third-order valence-electron chi connectivity index (χ3n) is 3.49. The first kappa shape index (κ1) is 16.0. The first-order valence-electron chi connectivity index (χ1n) is 7.34. The minimum Gasteiger partial charge on any atom is -0.394 e. The van der Waals surface area contributed by atoms with Gasteiger partial charge in [-0.2, -0.15) is 5.10 Å². The molecule has 2 aromatic rings. The van der Waals surface area contributed by atoms with E-state index in [-0.39, 0.29) is 18.7 Å². The average molecular weight is 302 g/mol. The summed E-state index contributed by atoms with van der Waals surface area (Å²) in [6, 6.07) is 5.52. The quantitative estimate of drug-likeness (QED) is 0.793. The Morgan fingerprint density at radius 3 is 2.82 bits per heavy atom. The molecule has 1 aromatic carbocycles. The third kappa shape index (κ3) is 3.85. The van der Waals surface area contributed by atoms with Crippen molar-refractivity contribution in [2.45, 2.75) is 33.2 Å². The second-order valence-electron chi connectivity index (χ2n) is 5.35. The smallest absolute Gasteiger partial charge is 0.319 e. The van der Waals surface area contributed by atoms with Crippen LogP contribution in [0.2, 0.25) is 0 Å². The molecule has 1 atom stereocenters. The van der Waals surface area contributed by atoms with Gasteiger partial charge in [0.05, 0.1) is 36.4 Å². The summed E-state index contributed by atoms with van der Waals surface area (Å²) in [7, 11) is 0. The second kappa shape index (κ2) is 7.09. The summed E-state index contributed by atoms with van der Waals surface area (Å²) in [6.45, 7) is 5.89. The number of rotatable bonds is 5. The van der Waals surface area contributed by atoms with E-state index in [0.717, 1.165) is 11.3 Å². The molecule has 0 saturated carbocycles. The maximum absolute atomic E-state index is 11.8. The van der Waals surface area contributed by atoms with Gasteiger partial charge < -0.3 is 15.7 Å². The largest absolute Gasteiger partial charge is 0.394 e. The molecule has 118 valence electrons. The molecule has 3 N–H and O–H groups in total. The lowest BCUT2D eigenvalue weighted by Crippen LogP contribution is -2.39. The SMILES string of the molecule is CC[C@H](CO)NC(=O)Nc1cnn(-c2ccc(C)cc2C)c1. The zero-order valence-corrected chi connectivity index (χ0v) is 13.1. The monoisotopic (exact) mass is 302 g/mol. The van der Waals surface area contributed by atoms with Crippen molar-refractivity contribution < 1.29 is 9.90 Å². The predicted molar refractivity (Wildman–Crippen MR) is 86.4 cm³/mol. The van der Waals surface area contributed by atoms with Crippen molar-refractivity contribution in [2.24, 2.45) is 0 Å². The van der Waals surface area contributed by atoms with E-state index in [1.54, 1.807) is 17.1 Å². The molecule has 0 spiro atoms. The van der Waals surface area contributed by atoms with E-state index in [1.807, 2.05) is 32.9 Å². The molecule has 0 aliphatic heterocycles. The van der Waals surface area contributed by atoms with Crippen molar-refractivity contribution in [2.75, 3.05) is 11.9 Å². The number of benzene rings is 1. The highest BCUT2D eigenvalue weighted by atomic mass is 16.3. The van der Waals surface area contributed by atoms with Gasteiger partial charge in [-0.05, 0) is 31.9 Å². The second-order valence-corrected chi connectivity index (χ2v) is 5.35. The Morgan fingerprint density at radius 2 is 2.18 bits per heavy atom. The zero-order chi connectivity index (χ0) is 16.1. The third-order valence-corrected chi connectivity index (χ3v) is 3.49. The van der Waals surface area contributed by atoms with E-state index >= 15 is 0 Å². The lowest BCUT2D eigenvalue weighted by Gasteiger charge is -2.13. The van der Waals surface area contributed by atoms with Crippen LogP contribution in [0.25, 0.3) is 5.69 Å². The molecule has 0 radical (unpaired) electrons. The summed E-state index contributed by atoms with van der Waals surface area (Å²) >= 11 is 0. The van der Waals surface area contributed by atoms with Crippen LogP contribution in [-0.4, -0.2) is 33.6 Å². The number of nitrogens with one attached hydrogen (secondary N) is 2. The standard InChI is InChI=1S/C16H22N4O2/c1-4-13(10-21)18-16(22)19-14-8-17-20(9-14)15-6-5-11(2)7-12(15)3/h5-9,13,21H,4,10H2,1-3H3,(H2,18,19,22)/t13-/m1/s1. The van der Waals surface area contributed by atoms with E-state index in [1.165, 1.54) is 5.56 Å². The Labute approximate surface area is 130 Å². The summed E-state index contributed by atoms with van der Waals surface area (Å²) in [5.41, 5.74) is 3.89. The summed E-state index contributed by atoms with van der Waals surface area (Å²) in [4.78, 5) is 11.8. The van der Waals surface area contributed by atoms with Crippen LogP contribution in [0, 0.1) is 13.8 Å². The highest BCUT2D eigenvalue weighted by molar-refractivity contribution is 5.89. The van der Waals surface area contributed by atoms with Gasteiger partial charge >= 0.3 is 6.03 Å². The fourth-order valence-electron chi connectivity index (χ4n) is 2.21. The molecule has 0 aliphatic rings. The molecule has 2 amide bonds. The van der Waals surface area contributed by atoms with Gasteiger partial charge in [0, 0.05) is 0 Å². The topological polar surface area (TPSA) is 79.2 Å². The summed E-state index contributed by atoms with van der Waals surface area (Å²) in [5.74, 6) is 0. The Balaban J connectivity index is 2.07. The van der Waals surface area contributed by atoms with Gasteiger partial charge in [0.25, 0.3) is 0 Å². The Hall–Kier alpha value is -2.34. The number of aryl methyl sites for hydroxylation is 2. The lowest BCUT2D eigenvalue weighted by molar-refractivity contribution is 0.222. The molecule has 6 heteroatoms. The van der Waals surface area contributed by atoms with Crippen LogP contribution in [0.3, 0.4) is 0 Å². The first-order chi connectivity index (χ1) is 10.5. The van der Waals surface area contributed by atoms with Crippen molar-refractivity contribution in [1.82, 2.24) is 15.1 Å². The van der Waals surface area contributed by atoms with Gasteiger partial charge in [-0.25, -0.2) is 9.48 Å². The van der Waals surface area contributed by atoms with Crippen LogP contribution in [0.1, 0.15) is 24.5 Å². The summed E-state index contributed by atoms with van der Waals surface area (Å²) < 4.78 is 1.73. The number of aliphatic hydroxyl groups is 1. The van der Waals surface area contributed by atoms with Gasteiger partial charge in [-0.15, -0.1) is 0 Å². The predicted octanol–water partition coefficient (Wildman–Crippen LogP) is 2.38. The minimum atomic E-state index is -0.346. The van der Waals surface area contributed by atoms with Crippen molar-refractivity contribution in [1.29, 1.82) is 0 Å². The number of anilines is 1. The molecular weight excluding hydrogens is 280 g/mol. The molecule has 0 bridgehead atoms. The van der Waals surface area contributed by atoms with Crippen molar-refractivity contribution >= 4 is 11.7 Å². The molecule has 0 aliphatic carbocycles. The Kier molecular flexibility index (Phi) is 5.16. The van der Waals surface area contributed by atoms with Crippen LogP contribution in [0.15, 0.2) is 30.6 Å². The number of amides is 2. The summed E-state index contributed by atoms with van der Waals surface area (Å²) in [5, 5.41) is 18.8. The molecule has 0 saturated heterocycles. The fraction of sp³-hybridized carbons (Fsp3) is 0.375. The highest BCUT2D eigenvalue weighted by Gasteiger charge is 2.10. The van der Waals surface area contributed by atoms with Crippen LogP contribution in [0.5, 0.6) is 0 Å². The molecular formula is C16H22N4O2. The number of carbonyl (C=O) groups excluding carboxylic acids is 1. The number of hydrogen-bond acceptors (Lipinski definition) is 3. The normalized spacial score (nSPS) is 12.0. The molecule has 22 heavy (non-hydrogen) atoms. The van der Waals surface area contributed by atoms with E-state index < -0.39 is 0 Å². The summed E-state index contributed by atoms with van der Waals surface area (Å²) in [6.07, 6.45) is 4.03. The molecule has 1 aromatic heterocycles. The zero-order valence-electron chi connectivity index (χ0n) is 13.1. The molecule has 0 unspecified atom stereocenters. The van der Waals surface area contributed by atoms with Crippen LogP contribution >= 0.6 is 0 Å². The van der Waals surface area contributed by atoms with E-state index in [2.05, 4.69) is 21.8 Å². The Bertz CT molecular complexity index is 647. The van der Waals surface area contributed by atoms with E-state index in [9.17, 15) is 4.79 Å². The van der Waals surface area contributed by atoms with Crippen molar-refractivity contribution in [3.05, 3.63) is 41.7 Å². The Morgan fingerprint density at radius 1 is 1.41 bits per heavy atom. The van der Waals surface area contributed by atoms with Gasteiger partial charge in [-0.1, -0.05) is 24.6 Å². The van der Waals surface area contributed by atoms with Crippen LogP contribution in [0.4, 0.5) is 10.5 Å². The number of aromatic nitrogens is 2. The first-order valence-corrected chi connectivity index (χ1v) is 7.34. The number of nitrogens with zero attached hydrogens (tertiary/aromatic N) is 2. The number of urea groups is 1. The number of carbonyl (C=O) groups is 1. The van der Waals surface area contributed by atoms with Crippen molar-refractivity contribution in [3.8, 4) is 5.69 Å². The average Bonchev–Trinajstić information content (AvgIpc) is 2.92. The van der Waals surface area contributed by atoms with Gasteiger partial charge in [0.2, 0.25) is 0 Å². The molecule has 6 nitrogen and oxygen atoms in total. The van der Waals surface area contributed by atoms with Gasteiger partial charge in [-0.3, -0.25) is 0 Å². The van der Waals surface area contributed by atoms with E-state index in [4.69, 9.17) is 5.11 Å². The minimum absolute atomic E-state index is 0.0776. The molecule has 1 heterocycles. The number of hydrogen-bond donors (Lipinski definition) is 3. The van der Waals surface area contributed by atoms with Gasteiger partial charge in [0.1, 0.15) is 0 Å². The van der Waals surface area contributed by atoms with E-state index in [0.29, 0.717) is 12.1 Å².